The summed E-state index contributed by atoms with van der Waals surface area (Å²) in [6.45, 7) is 0.809. The Morgan fingerprint density at radius 3 is 2.69 bits per heavy atom. The minimum atomic E-state index is -3.20. The number of nitrogens with one attached hydrogen (secondary N) is 1. The number of hydrogen-bond donors (Lipinski definition) is 2. The van der Waals surface area contributed by atoms with Gasteiger partial charge >= 0.3 is 0 Å². The number of ether oxygens (including phenoxy) is 1. The van der Waals surface area contributed by atoms with Gasteiger partial charge in [-0.25, -0.2) is 22.1 Å². The Bertz CT molecular complexity index is 1030. The number of rotatable bonds is 6. The normalized spacial score (nSPS) is 15.8. The van der Waals surface area contributed by atoms with Crippen molar-refractivity contribution in [1.29, 1.82) is 0 Å². The maximum atomic E-state index is 13.9. The average molecular weight is 488 g/mol. The third kappa shape index (κ3) is 5.19. The molecule has 0 saturated carbocycles. The van der Waals surface area contributed by atoms with Crippen molar-refractivity contribution in [1.82, 2.24) is 14.3 Å². The van der Waals surface area contributed by atoms with Crippen LogP contribution in [0, 0.1) is 5.82 Å². The van der Waals surface area contributed by atoms with Crippen molar-refractivity contribution in [3.63, 3.8) is 0 Å². The first-order valence-electron chi connectivity index (χ1n) is 8.65. The second kappa shape index (κ2) is 8.59. The van der Waals surface area contributed by atoms with E-state index in [1.807, 2.05) is 0 Å². The predicted molar refractivity (Wildman–Crippen MR) is 108 cm³/mol. The molecule has 0 aliphatic carbocycles. The van der Waals surface area contributed by atoms with Crippen molar-refractivity contribution in [3.05, 3.63) is 40.2 Å². The van der Waals surface area contributed by atoms with Gasteiger partial charge in [0.05, 0.1) is 16.9 Å². The molecule has 0 unspecified atom stereocenters. The Labute approximate surface area is 175 Å². The molecule has 0 spiro atoms. The highest BCUT2D eigenvalue weighted by atomic mass is 79.9. The van der Waals surface area contributed by atoms with E-state index in [9.17, 15) is 17.6 Å². The zero-order chi connectivity index (χ0) is 21.2. The van der Waals surface area contributed by atoms with Crippen molar-refractivity contribution in [2.24, 2.45) is 5.73 Å². The van der Waals surface area contributed by atoms with Gasteiger partial charge < -0.3 is 15.8 Å². The molecule has 29 heavy (non-hydrogen) atoms. The Hall–Kier alpha value is -2.31. The molecular formula is C17H19BrFN5O4S. The van der Waals surface area contributed by atoms with E-state index >= 15 is 0 Å². The molecule has 1 aliphatic heterocycles. The van der Waals surface area contributed by atoms with Crippen LogP contribution in [-0.4, -0.2) is 54.0 Å². The third-order valence-corrected chi connectivity index (χ3v) is 6.24. The average Bonchev–Trinajstić information content (AvgIpc) is 2.64. The summed E-state index contributed by atoms with van der Waals surface area (Å²) < 4.78 is 44.6. The predicted octanol–water partition coefficient (Wildman–Crippen LogP) is 2.11. The van der Waals surface area contributed by atoms with Crippen molar-refractivity contribution in [3.8, 4) is 11.6 Å². The van der Waals surface area contributed by atoms with Gasteiger partial charge in [0.1, 0.15) is 17.1 Å². The van der Waals surface area contributed by atoms with E-state index < -0.39 is 21.7 Å². The van der Waals surface area contributed by atoms with Crippen LogP contribution in [0.1, 0.15) is 23.2 Å². The molecule has 0 atom stereocenters. The lowest BCUT2D eigenvalue weighted by Crippen LogP contribution is -2.42. The summed E-state index contributed by atoms with van der Waals surface area (Å²) in [7, 11) is -3.20. The fourth-order valence-electron chi connectivity index (χ4n) is 2.94. The quantitative estimate of drug-likeness (QED) is 0.638. The lowest BCUT2D eigenvalue weighted by atomic mass is 10.1. The number of carbonyl (C=O) groups excluding carboxylic acids is 1. The molecule has 3 rings (SSSR count). The Balaban J connectivity index is 1.75. The summed E-state index contributed by atoms with van der Waals surface area (Å²) in [5, 5.41) is 3.14. The maximum Gasteiger partial charge on any atom is 0.255 e. The number of aromatic nitrogens is 2. The zero-order valence-corrected chi connectivity index (χ0v) is 17.8. The molecule has 1 saturated heterocycles. The van der Waals surface area contributed by atoms with E-state index in [1.54, 1.807) is 0 Å². The topological polar surface area (TPSA) is 128 Å². The van der Waals surface area contributed by atoms with Crippen LogP contribution in [0.4, 0.5) is 10.3 Å². The van der Waals surface area contributed by atoms with Crippen molar-refractivity contribution < 1.29 is 22.3 Å². The summed E-state index contributed by atoms with van der Waals surface area (Å²) in [5.41, 5.74) is 4.87. The van der Waals surface area contributed by atoms with Crippen LogP contribution in [0.5, 0.6) is 11.6 Å². The molecule has 1 aliphatic rings. The third-order valence-electron chi connectivity index (χ3n) is 4.40. The number of primary amides is 1. The van der Waals surface area contributed by atoms with E-state index in [1.165, 1.54) is 28.9 Å². The van der Waals surface area contributed by atoms with Gasteiger partial charge in [-0.05, 0) is 40.9 Å². The SMILES string of the molecule is CS(=O)(=O)N1CCC(Nc2ncc(Br)c(Oc3cccc(F)c3C(N)=O)n2)CC1. The number of hydrogen-bond acceptors (Lipinski definition) is 7. The second-order valence-electron chi connectivity index (χ2n) is 6.51. The Kier molecular flexibility index (Phi) is 6.34. The lowest BCUT2D eigenvalue weighted by molar-refractivity contribution is 0.0994. The Morgan fingerprint density at radius 1 is 1.38 bits per heavy atom. The number of nitrogens with zero attached hydrogens (tertiary/aromatic N) is 3. The fraction of sp³-hybridized carbons (Fsp3) is 0.353. The molecule has 1 aromatic carbocycles. The summed E-state index contributed by atoms with van der Waals surface area (Å²) in [5.74, 6) is -1.48. The molecule has 1 aromatic heterocycles. The number of amides is 1. The number of anilines is 1. The van der Waals surface area contributed by atoms with E-state index in [-0.39, 0.29) is 29.2 Å². The minimum absolute atomic E-state index is 0.0163. The van der Waals surface area contributed by atoms with Gasteiger partial charge in [0, 0.05) is 19.1 Å². The van der Waals surface area contributed by atoms with Crippen LogP contribution < -0.4 is 15.8 Å². The van der Waals surface area contributed by atoms with E-state index in [0.717, 1.165) is 6.07 Å². The lowest BCUT2D eigenvalue weighted by Gasteiger charge is -2.30. The van der Waals surface area contributed by atoms with Gasteiger partial charge in [0.25, 0.3) is 5.91 Å². The maximum absolute atomic E-state index is 13.9. The number of piperidine rings is 1. The van der Waals surface area contributed by atoms with E-state index in [4.69, 9.17) is 10.5 Å². The highest BCUT2D eigenvalue weighted by Crippen LogP contribution is 2.31. The van der Waals surface area contributed by atoms with Crippen LogP contribution in [0.25, 0.3) is 0 Å². The summed E-state index contributed by atoms with van der Waals surface area (Å²) in [6, 6.07) is 3.89. The van der Waals surface area contributed by atoms with Crippen LogP contribution in [0.2, 0.25) is 0 Å². The van der Waals surface area contributed by atoms with Crippen LogP contribution in [0.3, 0.4) is 0 Å². The largest absolute Gasteiger partial charge is 0.437 e. The molecule has 2 heterocycles. The fourth-order valence-corrected chi connectivity index (χ4v) is 4.09. The molecule has 12 heteroatoms. The number of halogens is 2. The molecular weight excluding hydrogens is 469 g/mol. The van der Waals surface area contributed by atoms with Crippen molar-refractivity contribution >= 4 is 37.8 Å². The van der Waals surface area contributed by atoms with Crippen molar-refractivity contribution in [2.45, 2.75) is 18.9 Å². The highest BCUT2D eigenvalue weighted by molar-refractivity contribution is 9.10. The molecule has 1 fully saturated rings. The van der Waals surface area contributed by atoms with E-state index in [0.29, 0.717) is 30.4 Å². The van der Waals surface area contributed by atoms with Gasteiger partial charge in [-0.15, -0.1) is 0 Å². The highest BCUT2D eigenvalue weighted by Gasteiger charge is 2.25. The van der Waals surface area contributed by atoms with Crippen LogP contribution in [-0.2, 0) is 10.0 Å². The van der Waals surface area contributed by atoms with Crippen molar-refractivity contribution in [2.75, 3.05) is 24.7 Å². The summed E-state index contributed by atoms with van der Waals surface area (Å²) in [4.78, 5) is 20.0. The first-order chi connectivity index (χ1) is 13.6. The minimum Gasteiger partial charge on any atom is -0.437 e. The number of nitrogens with two attached hydrogens (primary N) is 1. The first-order valence-corrected chi connectivity index (χ1v) is 11.3. The number of carbonyl (C=O) groups is 1. The molecule has 2 aromatic rings. The Morgan fingerprint density at radius 2 is 2.07 bits per heavy atom. The molecule has 0 radical (unpaired) electrons. The molecule has 9 nitrogen and oxygen atoms in total. The monoisotopic (exact) mass is 487 g/mol. The summed E-state index contributed by atoms with van der Waals surface area (Å²) >= 11 is 3.26. The standard InChI is InChI=1S/C17H19BrFN5O4S/c1-29(26,27)24-7-5-10(6-8-24)22-17-21-9-11(18)16(23-17)28-13-4-2-3-12(19)14(13)15(20)25/h2-4,9-10H,5-8H2,1H3,(H2,20,25)(H,21,22,23). The molecule has 1 amide bonds. The molecule has 3 N–H and O–H groups in total. The number of sulfonamides is 1. The molecule has 156 valence electrons. The number of benzene rings is 1. The summed E-state index contributed by atoms with van der Waals surface area (Å²) in [6.07, 6.45) is 3.84. The van der Waals surface area contributed by atoms with Crippen LogP contribution in [0.15, 0.2) is 28.9 Å². The van der Waals surface area contributed by atoms with Gasteiger partial charge in [-0.3, -0.25) is 4.79 Å². The van der Waals surface area contributed by atoms with E-state index in [2.05, 4.69) is 31.2 Å². The van der Waals surface area contributed by atoms with Crippen LogP contribution >= 0.6 is 15.9 Å². The smallest absolute Gasteiger partial charge is 0.255 e. The zero-order valence-electron chi connectivity index (χ0n) is 15.4. The van der Waals surface area contributed by atoms with Gasteiger partial charge in [-0.2, -0.15) is 4.98 Å². The first kappa shape index (κ1) is 21.4. The second-order valence-corrected chi connectivity index (χ2v) is 9.34. The molecule has 0 bridgehead atoms. The van der Waals surface area contributed by atoms with Gasteiger partial charge in [0.15, 0.2) is 0 Å². The van der Waals surface area contributed by atoms with Gasteiger partial charge in [-0.1, -0.05) is 6.07 Å². The van der Waals surface area contributed by atoms with Gasteiger partial charge in [0.2, 0.25) is 21.9 Å².